The quantitative estimate of drug-likeness (QED) is 0.569. The Bertz CT molecular complexity index is 977. The van der Waals surface area contributed by atoms with Crippen LogP contribution in [0.4, 0.5) is 10.8 Å². The van der Waals surface area contributed by atoms with Gasteiger partial charge in [-0.25, -0.2) is 4.98 Å². The number of carbonyl (C=O) groups is 1. The zero-order valence-electron chi connectivity index (χ0n) is 18.7. The molecule has 0 spiro atoms. The molecule has 30 heavy (non-hydrogen) atoms. The van der Waals surface area contributed by atoms with E-state index in [4.69, 9.17) is 4.98 Å². The molecule has 0 atom stereocenters. The van der Waals surface area contributed by atoms with Gasteiger partial charge in [-0.1, -0.05) is 23.5 Å². The van der Waals surface area contributed by atoms with Crippen molar-refractivity contribution >= 4 is 38.3 Å². The zero-order valence-corrected chi connectivity index (χ0v) is 19.6. The van der Waals surface area contributed by atoms with Gasteiger partial charge in [0, 0.05) is 37.3 Å². The lowest BCUT2D eigenvalue weighted by Crippen LogP contribution is -3.05. The summed E-state index contributed by atoms with van der Waals surface area (Å²) in [6.07, 6.45) is 0.931. The molecule has 6 heteroatoms. The highest BCUT2D eigenvalue weighted by molar-refractivity contribution is 7.22. The van der Waals surface area contributed by atoms with Crippen LogP contribution < -0.4 is 14.7 Å². The van der Waals surface area contributed by atoms with Crippen molar-refractivity contribution in [3.63, 3.8) is 0 Å². The molecule has 0 aliphatic rings. The second kappa shape index (κ2) is 10.0. The highest BCUT2D eigenvalue weighted by Crippen LogP contribution is 2.31. The maximum atomic E-state index is 13.5. The van der Waals surface area contributed by atoms with E-state index in [1.165, 1.54) is 4.90 Å². The second-order valence-electron chi connectivity index (χ2n) is 7.90. The van der Waals surface area contributed by atoms with Crippen molar-refractivity contribution in [2.45, 2.75) is 27.2 Å². The fourth-order valence-corrected chi connectivity index (χ4v) is 4.69. The minimum Gasteiger partial charge on any atom is -0.372 e. The Morgan fingerprint density at radius 1 is 1.07 bits per heavy atom. The number of anilines is 2. The van der Waals surface area contributed by atoms with Crippen molar-refractivity contribution in [1.82, 2.24) is 4.98 Å². The third-order valence-electron chi connectivity index (χ3n) is 5.39. The van der Waals surface area contributed by atoms with E-state index >= 15 is 0 Å². The SMILES string of the molecule is CCN(CC)c1ccc(C(=O)N(CCC[NH+](C)C)c2nc3c(C)cccc3s2)cc1. The summed E-state index contributed by atoms with van der Waals surface area (Å²) in [6, 6.07) is 14.2. The molecule has 3 rings (SSSR count). The molecular formula is C24H33N4OS+. The number of fused-ring (bicyclic) bond motifs is 1. The van der Waals surface area contributed by atoms with Crippen LogP contribution in [-0.4, -0.2) is 51.2 Å². The van der Waals surface area contributed by atoms with Crippen LogP contribution in [0.25, 0.3) is 10.2 Å². The van der Waals surface area contributed by atoms with Gasteiger partial charge < -0.3 is 9.80 Å². The topological polar surface area (TPSA) is 40.9 Å². The van der Waals surface area contributed by atoms with Crippen LogP contribution in [0, 0.1) is 6.92 Å². The molecule has 1 aromatic heterocycles. The lowest BCUT2D eigenvalue weighted by Gasteiger charge is -2.23. The van der Waals surface area contributed by atoms with E-state index in [1.807, 2.05) is 35.2 Å². The van der Waals surface area contributed by atoms with Gasteiger partial charge in [0.1, 0.15) is 0 Å². The Morgan fingerprint density at radius 2 is 1.77 bits per heavy atom. The number of nitrogens with zero attached hydrogens (tertiary/aromatic N) is 3. The Labute approximate surface area is 183 Å². The third-order valence-corrected chi connectivity index (χ3v) is 6.43. The van der Waals surface area contributed by atoms with Gasteiger partial charge in [-0.05, 0) is 56.7 Å². The van der Waals surface area contributed by atoms with Crippen molar-refractivity contribution in [2.24, 2.45) is 0 Å². The van der Waals surface area contributed by atoms with E-state index < -0.39 is 0 Å². The first-order valence-corrected chi connectivity index (χ1v) is 11.6. The van der Waals surface area contributed by atoms with E-state index in [0.717, 1.165) is 52.7 Å². The van der Waals surface area contributed by atoms with Gasteiger partial charge in [-0.15, -0.1) is 0 Å². The van der Waals surface area contributed by atoms with E-state index in [0.29, 0.717) is 12.1 Å². The number of nitrogens with one attached hydrogen (secondary N) is 1. The first kappa shape index (κ1) is 22.2. The van der Waals surface area contributed by atoms with E-state index in [2.05, 4.69) is 51.9 Å². The summed E-state index contributed by atoms with van der Waals surface area (Å²) in [6.45, 7) is 9.94. The minimum absolute atomic E-state index is 0.0200. The summed E-state index contributed by atoms with van der Waals surface area (Å²) in [7, 11) is 4.28. The van der Waals surface area contributed by atoms with Gasteiger partial charge in [-0.3, -0.25) is 9.69 Å². The fraction of sp³-hybridized carbons (Fsp3) is 0.417. The molecular weight excluding hydrogens is 392 g/mol. The normalized spacial score (nSPS) is 11.3. The van der Waals surface area contributed by atoms with Crippen LogP contribution in [0.3, 0.4) is 0 Å². The van der Waals surface area contributed by atoms with Crippen molar-refractivity contribution in [1.29, 1.82) is 0 Å². The van der Waals surface area contributed by atoms with Gasteiger partial charge in [-0.2, -0.15) is 0 Å². The van der Waals surface area contributed by atoms with Crippen LogP contribution in [0.15, 0.2) is 42.5 Å². The van der Waals surface area contributed by atoms with Crippen molar-refractivity contribution in [3.05, 3.63) is 53.6 Å². The Morgan fingerprint density at radius 3 is 2.37 bits per heavy atom. The molecule has 5 nitrogen and oxygen atoms in total. The van der Waals surface area contributed by atoms with Crippen LogP contribution in [-0.2, 0) is 0 Å². The van der Waals surface area contributed by atoms with Crippen LogP contribution in [0.1, 0.15) is 36.2 Å². The highest BCUT2D eigenvalue weighted by atomic mass is 32.1. The zero-order chi connectivity index (χ0) is 21.7. The summed E-state index contributed by atoms with van der Waals surface area (Å²) in [5.41, 5.74) is 3.99. The van der Waals surface area contributed by atoms with Crippen molar-refractivity contribution < 1.29 is 9.69 Å². The number of aromatic nitrogens is 1. The molecule has 1 heterocycles. The number of amides is 1. The van der Waals surface area contributed by atoms with Gasteiger partial charge in [0.25, 0.3) is 5.91 Å². The second-order valence-corrected chi connectivity index (χ2v) is 8.91. The molecule has 3 aromatic rings. The average molecular weight is 426 g/mol. The number of para-hydroxylation sites is 1. The fourth-order valence-electron chi connectivity index (χ4n) is 3.62. The average Bonchev–Trinajstić information content (AvgIpc) is 3.17. The van der Waals surface area contributed by atoms with Gasteiger partial charge in [0.05, 0.1) is 30.9 Å². The van der Waals surface area contributed by atoms with E-state index in [9.17, 15) is 4.79 Å². The lowest BCUT2D eigenvalue weighted by atomic mass is 10.1. The summed E-state index contributed by atoms with van der Waals surface area (Å²) in [5.74, 6) is 0.0200. The summed E-state index contributed by atoms with van der Waals surface area (Å²) >= 11 is 1.60. The molecule has 0 radical (unpaired) electrons. The predicted octanol–water partition coefficient (Wildman–Crippen LogP) is 3.63. The molecule has 0 aliphatic carbocycles. The van der Waals surface area contributed by atoms with Crippen LogP contribution >= 0.6 is 11.3 Å². The van der Waals surface area contributed by atoms with Gasteiger partial charge >= 0.3 is 0 Å². The molecule has 2 aromatic carbocycles. The maximum Gasteiger partial charge on any atom is 0.260 e. The molecule has 0 saturated carbocycles. The Balaban J connectivity index is 1.90. The summed E-state index contributed by atoms with van der Waals surface area (Å²) in [5, 5.41) is 0.783. The number of quaternary nitrogens is 1. The number of carbonyl (C=O) groups excluding carboxylic acids is 1. The molecule has 0 unspecified atom stereocenters. The lowest BCUT2D eigenvalue weighted by molar-refractivity contribution is -0.858. The predicted molar refractivity (Wildman–Crippen MR) is 128 cm³/mol. The van der Waals surface area contributed by atoms with Crippen molar-refractivity contribution in [3.8, 4) is 0 Å². The van der Waals surface area contributed by atoms with Gasteiger partial charge in [0.15, 0.2) is 5.13 Å². The monoisotopic (exact) mass is 425 g/mol. The number of rotatable bonds is 9. The van der Waals surface area contributed by atoms with Crippen LogP contribution in [0.5, 0.6) is 0 Å². The molecule has 1 amide bonds. The highest BCUT2D eigenvalue weighted by Gasteiger charge is 2.22. The first-order valence-electron chi connectivity index (χ1n) is 10.8. The minimum atomic E-state index is 0.0200. The standard InChI is InChI=1S/C24H32N4OS/c1-6-27(7-2)20-14-12-19(13-15-20)23(29)28(17-9-16-26(4)5)24-25-22-18(3)10-8-11-21(22)30-24/h8,10-15H,6-7,9,16-17H2,1-5H3/p+1. The molecule has 1 N–H and O–H groups in total. The number of thiazole rings is 1. The smallest absolute Gasteiger partial charge is 0.260 e. The summed E-state index contributed by atoms with van der Waals surface area (Å²) in [4.78, 5) is 23.8. The largest absolute Gasteiger partial charge is 0.372 e. The third kappa shape index (κ3) is 4.99. The Hall–Kier alpha value is -2.44. The summed E-state index contributed by atoms with van der Waals surface area (Å²) < 4.78 is 1.12. The van der Waals surface area contributed by atoms with Gasteiger partial charge in [0.2, 0.25) is 0 Å². The number of hydrogen-bond donors (Lipinski definition) is 1. The number of hydrogen-bond acceptors (Lipinski definition) is 4. The first-order chi connectivity index (χ1) is 14.4. The molecule has 0 fully saturated rings. The Kier molecular flexibility index (Phi) is 7.45. The van der Waals surface area contributed by atoms with E-state index in [1.54, 1.807) is 11.3 Å². The molecule has 0 aliphatic heterocycles. The van der Waals surface area contributed by atoms with Crippen LogP contribution in [0.2, 0.25) is 0 Å². The number of aryl methyl sites for hydroxylation is 1. The molecule has 0 bridgehead atoms. The van der Waals surface area contributed by atoms with E-state index in [-0.39, 0.29) is 5.91 Å². The molecule has 0 saturated heterocycles. The maximum absolute atomic E-state index is 13.5. The number of benzene rings is 2. The molecule has 160 valence electrons. The van der Waals surface area contributed by atoms with Crippen molar-refractivity contribution in [2.75, 3.05) is 50.1 Å².